The molecule has 0 aliphatic carbocycles. The van der Waals surface area contributed by atoms with Gasteiger partial charge in [0.2, 0.25) is 0 Å². The molecule has 2 N–H and O–H groups in total. The summed E-state index contributed by atoms with van der Waals surface area (Å²) in [5.74, 6) is 0. The molecule has 9 heteroatoms. The van der Waals surface area contributed by atoms with E-state index in [1.54, 1.807) is 30.7 Å². The van der Waals surface area contributed by atoms with E-state index in [2.05, 4.69) is 14.7 Å². The number of pyridine rings is 1. The van der Waals surface area contributed by atoms with Crippen LogP contribution in [-0.2, 0) is 23.3 Å². The van der Waals surface area contributed by atoms with Crippen LogP contribution >= 0.6 is 23.2 Å². The van der Waals surface area contributed by atoms with E-state index in [9.17, 15) is 8.42 Å². The third-order valence-corrected chi connectivity index (χ3v) is 5.94. The van der Waals surface area contributed by atoms with Crippen molar-refractivity contribution >= 4 is 50.0 Å². The van der Waals surface area contributed by atoms with Crippen molar-refractivity contribution < 1.29 is 8.42 Å². The van der Waals surface area contributed by atoms with Gasteiger partial charge in [0, 0.05) is 37.1 Å². The summed E-state index contributed by atoms with van der Waals surface area (Å²) in [5, 5.41) is 1.55. The van der Waals surface area contributed by atoms with Crippen molar-refractivity contribution in [2.24, 2.45) is 0 Å². The molecule has 0 unspecified atom stereocenters. The van der Waals surface area contributed by atoms with Crippen LogP contribution in [0.5, 0.6) is 0 Å². The first-order valence-corrected chi connectivity index (χ1v) is 9.30. The van der Waals surface area contributed by atoms with E-state index in [1.165, 1.54) is 4.31 Å². The van der Waals surface area contributed by atoms with Crippen molar-refractivity contribution in [3.05, 3.63) is 58.0 Å². The van der Waals surface area contributed by atoms with Crippen LogP contribution in [0.15, 0.2) is 36.8 Å². The average molecular weight is 383 g/mol. The van der Waals surface area contributed by atoms with Crippen molar-refractivity contribution in [3.63, 3.8) is 0 Å². The largest absolute Gasteiger partial charge is 0.358 e. The molecule has 0 spiro atoms. The zero-order valence-corrected chi connectivity index (χ0v) is 14.6. The van der Waals surface area contributed by atoms with Gasteiger partial charge in [0.25, 0.3) is 0 Å². The Bertz CT molecular complexity index is 1030. The molecule has 124 valence electrons. The lowest BCUT2D eigenvalue weighted by molar-refractivity contribution is 0.400. The number of rotatable bonds is 2. The van der Waals surface area contributed by atoms with Gasteiger partial charge in [0.15, 0.2) is 0 Å². The Labute approximate surface area is 148 Å². The van der Waals surface area contributed by atoms with E-state index < -0.39 is 10.2 Å². The highest BCUT2D eigenvalue weighted by atomic mass is 35.5. The minimum Gasteiger partial charge on any atom is -0.358 e. The lowest BCUT2D eigenvalue weighted by Gasteiger charge is -2.29. The molecule has 1 aliphatic rings. The van der Waals surface area contributed by atoms with Gasteiger partial charge in [-0.1, -0.05) is 29.3 Å². The van der Waals surface area contributed by atoms with Crippen molar-refractivity contribution in [3.8, 4) is 0 Å². The fraction of sp³-hybridized carbons (Fsp3) is 0.133. The van der Waals surface area contributed by atoms with Crippen LogP contribution in [0.2, 0.25) is 10.0 Å². The third-order valence-electron chi connectivity index (χ3n) is 3.94. The number of hydrogen-bond donors (Lipinski definition) is 2. The van der Waals surface area contributed by atoms with Gasteiger partial charge in [-0.25, -0.2) is 0 Å². The van der Waals surface area contributed by atoms with Crippen molar-refractivity contribution in [2.45, 2.75) is 13.1 Å². The van der Waals surface area contributed by atoms with Gasteiger partial charge in [0.05, 0.1) is 21.2 Å². The van der Waals surface area contributed by atoms with E-state index in [1.807, 2.05) is 6.07 Å². The quantitative estimate of drug-likeness (QED) is 0.711. The Hall–Kier alpha value is -1.80. The molecule has 6 nitrogen and oxygen atoms in total. The zero-order chi connectivity index (χ0) is 16.9. The van der Waals surface area contributed by atoms with Crippen LogP contribution < -0.4 is 4.72 Å². The Morgan fingerprint density at radius 1 is 1.29 bits per heavy atom. The van der Waals surface area contributed by atoms with E-state index in [0.717, 1.165) is 11.1 Å². The number of H-pyrrole nitrogens is 1. The molecule has 0 saturated carbocycles. The first kappa shape index (κ1) is 15.7. The molecule has 0 atom stereocenters. The molecule has 24 heavy (non-hydrogen) atoms. The number of fused-ring (bicyclic) bond motifs is 3. The summed E-state index contributed by atoms with van der Waals surface area (Å²) < 4.78 is 29.2. The summed E-state index contributed by atoms with van der Waals surface area (Å²) in [6.07, 6.45) is 4.88. The van der Waals surface area contributed by atoms with Crippen LogP contribution in [0, 0.1) is 0 Å². The van der Waals surface area contributed by atoms with Crippen LogP contribution in [-0.4, -0.2) is 22.7 Å². The summed E-state index contributed by atoms with van der Waals surface area (Å²) >= 11 is 12.4. The molecular formula is C15H12Cl2N4O2S. The molecule has 3 heterocycles. The number of aromatic amines is 1. The van der Waals surface area contributed by atoms with Gasteiger partial charge in [-0.3, -0.25) is 9.71 Å². The monoisotopic (exact) mass is 382 g/mol. The summed E-state index contributed by atoms with van der Waals surface area (Å²) in [6, 6.07) is 5.35. The fourth-order valence-electron chi connectivity index (χ4n) is 2.83. The fourth-order valence-corrected chi connectivity index (χ4v) is 4.71. The number of nitrogens with one attached hydrogen (secondary N) is 2. The lowest BCUT2D eigenvalue weighted by atomic mass is 10.1. The molecule has 0 saturated heterocycles. The highest BCUT2D eigenvalue weighted by Gasteiger charge is 2.31. The van der Waals surface area contributed by atoms with Gasteiger partial charge < -0.3 is 4.98 Å². The Balaban J connectivity index is 1.79. The molecule has 3 aromatic rings. The SMILES string of the molecule is O=S1(=O)Nc2c(cc(Cl)c3c(Cl)c[nH]c23)CN1Cc1cccnc1. The number of anilines is 1. The number of halogens is 2. The molecule has 0 bridgehead atoms. The normalized spacial score (nSPS) is 16.8. The highest BCUT2D eigenvalue weighted by molar-refractivity contribution is 7.90. The summed E-state index contributed by atoms with van der Waals surface area (Å²) in [5.41, 5.74) is 2.67. The predicted octanol–water partition coefficient (Wildman–Crippen LogP) is 3.54. The number of hydrogen-bond acceptors (Lipinski definition) is 3. The van der Waals surface area contributed by atoms with Gasteiger partial charge in [0.1, 0.15) is 0 Å². The third kappa shape index (κ3) is 2.53. The average Bonchev–Trinajstić information content (AvgIpc) is 2.93. The molecular weight excluding hydrogens is 371 g/mol. The standard InChI is InChI=1S/C15H12Cl2N4O2S/c16-11-4-10-8-21(7-9-2-1-3-18-5-9)24(22,23)20-14(10)15-13(11)12(17)6-19-15/h1-6,19-20H,7-8H2. The van der Waals surface area contributed by atoms with Gasteiger partial charge >= 0.3 is 10.2 Å². The van der Waals surface area contributed by atoms with E-state index in [-0.39, 0.29) is 13.1 Å². The van der Waals surface area contributed by atoms with Crippen molar-refractivity contribution in [2.75, 3.05) is 4.72 Å². The second-order valence-corrected chi connectivity index (χ2v) is 8.00. The molecule has 4 rings (SSSR count). The van der Waals surface area contributed by atoms with Crippen molar-refractivity contribution in [1.82, 2.24) is 14.3 Å². The number of nitrogens with zero attached hydrogens (tertiary/aromatic N) is 2. The first-order valence-electron chi connectivity index (χ1n) is 7.10. The smallest absolute Gasteiger partial charge is 0.302 e. The number of aromatic nitrogens is 2. The summed E-state index contributed by atoms with van der Waals surface area (Å²) in [6.45, 7) is 0.440. The van der Waals surface area contributed by atoms with Crippen LogP contribution in [0.3, 0.4) is 0 Å². The maximum absolute atomic E-state index is 12.6. The van der Waals surface area contributed by atoms with Crippen LogP contribution in [0.4, 0.5) is 5.69 Å². The summed E-state index contributed by atoms with van der Waals surface area (Å²) in [7, 11) is -3.68. The maximum atomic E-state index is 12.6. The second-order valence-electron chi connectivity index (χ2n) is 5.52. The first-order chi connectivity index (χ1) is 11.5. The molecule has 0 fully saturated rings. The zero-order valence-electron chi connectivity index (χ0n) is 12.3. The minimum absolute atomic E-state index is 0.214. The maximum Gasteiger partial charge on any atom is 0.302 e. The highest BCUT2D eigenvalue weighted by Crippen LogP contribution is 2.40. The van der Waals surface area contributed by atoms with Crippen molar-refractivity contribution in [1.29, 1.82) is 0 Å². The van der Waals surface area contributed by atoms with Crippen LogP contribution in [0.1, 0.15) is 11.1 Å². The Morgan fingerprint density at radius 2 is 2.12 bits per heavy atom. The van der Waals surface area contributed by atoms with E-state index in [0.29, 0.717) is 26.6 Å². The predicted molar refractivity (Wildman–Crippen MR) is 94.3 cm³/mol. The van der Waals surface area contributed by atoms with E-state index in [4.69, 9.17) is 23.2 Å². The minimum atomic E-state index is -3.68. The topological polar surface area (TPSA) is 78.1 Å². The second kappa shape index (κ2) is 5.63. The van der Waals surface area contributed by atoms with Gasteiger partial charge in [-0.15, -0.1) is 0 Å². The molecule has 0 amide bonds. The van der Waals surface area contributed by atoms with Crippen LogP contribution in [0.25, 0.3) is 10.9 Å². The molecule has 2 aromatic heterocycles. The molecule has 1 aromatic carbocycles. The van der Waals surface area contributed by atoms with E-state index >= 15 is 0 Å². The van der Waals surface area contributed by atoms with Gasteiger partial charge in [-0.05, 0) is 23.3 Å². The Morgan fingerprint density at radius 3 is 2.88 bits per heavy atom. The Kier molecular flexibility index (Phi) is 3.69. The van der Waals surface area contributed by atoms with Gasteiger partial charge in [-0.2, -0.15) is 12.7 Å². The summed E-state index contributed by atoms with van der Waals surface area (Å²) in [4.78, 5) is 7.00. The lowest BCUT2D eigenvalue weighted by Crippen LogP contribution is -2.39. The molecule has 0 radical (unpaired) electrons. The number of benzene rings is 1. The molecule has 1 aliphatic heterocycles.